The molecule has 1 saturated heterocycles. The molecule has 3 rings (SSSR count). The van der Waals surface area contributed by atoms with Crippen LogP contribution in [0.5, 0.6) is 0 Å². The number of Topliss-reactive ketones (excluding diaryl/α,β-unsaturated/α-hetero) is 1. The Bertz CT molecular complexity index is 674. The Kier molecular flexibility index (Phi) is 3.28. The largest absolute Gasteiger partial charge is 0.340 e. The molecule has 5 nitrogen and oxygen atoms in total. The van der Waals surface area contributed by atoms with E-state index in [1.54, 1.807) is 18.5 Å². The number of anilines is 1. The molecule has 0 N–H and O–H groups in total. The molecule has 1 fully saturated rings. The number of rotatable bonds is 1. The van der Waals surface area contributed by atoms with Gasteiger partial charge in [0.05, 0.1) is 6.57 Å². The van der Waals surface area contributed by atoms with Crippen molar-refractivity contribution in [2.45, 2.75) is 27.2 Å². The van der Waals surface area contributed by atoms with Crippen LogP contribution in [-0.2, 0) is 4.79 Å². The van der Waals surface area contributed by atoms with Crippen molar-refractivity contribution in [1.82, 2.24) is 9.97 Å². The second-order valence-electron chi connectivity index (χ2n) is 7.01. The van der Waals surface area contributed by atoms with Gasteiger partial charge in [0.25, 0.3) is 0 Å². The average Bonchev–Trinajstić information content (AvgIpc) is 2.51. The smallest absolute Gasteiger partial charge is 0.226 e. The molecule has 1 aliphatic carbocycles. The van der Waals surface area contributed by atoms with Gasteiger partial charge in [0.2, 0.25) is 11.6 Å². The summed E-state index contributed by atoms with van der Waals surface area (Å²) in [6.07, 6.45) is 6.26. The summed E-state index contributed by atoms with van der Waals surface area (Å²) in [6.45, 7) is 15.0. The first-order valence-corrected chi connectivity index (χ1v) is 7.55. The van der Waals surface area contributed by atoms with Gasteiger partial charge in [-0.3, -0.25) is 0 Å². The molecular weight excluding hydrogens is 276 g/mol. The van der Waals surface area contributed by atoms with E-state index in [-0.39, 0.29) is 22.8 Å². The highest BCUT2D eigenvalue weighted by atomic mass is 16.1. The number of aromatic nitrogens is 2. The van der Waals surface area contributed by atoms with Crippen molar-refractivity contribution in [3.8, 4) is 0 Å². The summed E-state index contributed by atoms with van der Waals surface area (Å²) >= 11 is 0. The van der Waals surface area contributed by atoms with Crippen LogP contribution in [0, 0.1) is 23.3 Å². The fourth-order valence-corrected chi connectivity index (χ4v) is 4.12. The number of hydrogen-bond acceptors (Lipinski definition) is 4. The Morgan fingerprint density at radius 2 is 2.00 bits per heavy atom. The van der Waals surface area contributed by atoms with Gasteiger partial charge in [0, 0.05) is 30.9 Å². The third-order valence-electron chi connectivity index (χ3n) is 5.13. The number of carbonyl (C=O) groups is 1. The van der Waals surface area contributed by atoms with Crippen LogP contribution in [0.15, 0.2) is 30.2 Å². The monoisotopic (exact) mass is 296 g/mol. The zero-order valence-electron chi connectivity index (χ0n) is 13.2. The third kappa shape index (κ3) is 2.10. The molecule has 1 aromatic heterocycles. The molecule has 5 heteroatoms. The van der Waals surface area contributed by atoms with E-state index in [4.69, 9.17) is 6.57 Å². The zero-order valence-corrected chi connectivity index (χ0v) is 13.2. The van der Waals surface area contributed by atoms with E-state index < -0.39 is 5.41 Å². The quantitative estimate of drug-likeness (QED) is 0.748. The van der Waals surface area contributed by atoms with E-state index in [2.05, 4.69) is 26.6 Å². The fraction of sp³-hybridized carbons (Fsp3) is 0.529. The number of fused-ring (bicyclic) bond motifs is 1. The minimum Gasteiger partial charge on any atom is -0.340 e. The maximum Gasteiger partial charge on any atom is 0.226 e. The molecule has 2 heterocycles. The second-order valence-corrected chi connectivity index (χ2v) is 7.01. The highest BCUT2D eigenvalue weighted by molar-refractivity contribution is 6.02. The maximum absolute atomic E-state index is 12.5. The van der Waals surface area contributed by atoms with E-state index >= 15 is 0 Å². The van der Waals surface area contributed by atoms with Gasteiger partial charge in [0.15, 0.2) is 5.78 Å². The minimum absolute atomic E-state index is 0.0191. The lowest BCUT2D eigenvalue weighted by Gasteiger charge is -2.53. The van der Waals surface area contributed by atoms with Crippen molar-refractivity contribution in [3.05, 3.63) is 41.7 Å². The van der Waals surface area contributed by atoms with Gasteiger partial charge in [-0.05, 0) is 23.8 Å². The van der Waals surface area contributed by atoms with Crippen LogP contribution in [-0.4, -0.2) is 28.8 Å². The fourth-order valence-electron chi connectivity index (χ4n) is 4.12. The van der Waals surface area contributed by atoms with Gasteiger partial charge in [-0.15, -0.1) is 0 Å². The topological polar surface area (TPSA) is 50.5 Å². The molecule has 0 aromatic carbocycles. The standard InChI is InChI=1S/C17H20N4O/c1-16(2)13-6-9-21(15-19-7-5-8-20-15)11-17(13,3)10-12(18-4)14(16)22/h5,7-8,10,13H,6,9,11H2,1-3H3/t13-,17+/m1/s1. The number of allylic oxidation sites excluding steroid dienone is 1. The predicted molar refractivity (Wildman–Crippen MR) is 83.9 cm³/mol. The molecule has 0 radical (unpaired) electrons. The second kappa shape index (κ2) is 4.91. The van der Waals surface area contributed by atoms with Crippen molar-refractivity contribution in [2.75, 3.05) is 18.0 Å². The van der Waals surface area contributed by atoms with Crippen LogP contribution in [0.1, 0.15) is 27.2 Å². The van der Waals surface area contributed by atoms with Crippen LogP contribution in [0.2, 0.25) is 0 Å². The summed E-state index contributed by atoms with van der Waals surface area (Å²) in [7, 11) is 0. The van der Waals surface area contributed by atoms with E-state index in [0.29, 0.717) is 0 Å². The summed E-state index contributed by atoms with van der Waals surface area (Å²) in [4.78, 5) is 26.8. The Balaban J connectivity index is 1.99. The van der Waals surface area contributed by atoms with Gasteiger partial charge in [-0.1, -0.05) is 26.8 Å². The van der Waals surface area contributed by atoms with E-state index in [0.717, 1.165) is 25.5 Å². The van der Waals surface area contributed by atoms with Crippen LogP contribution in [0.3, 0.4) is 0 Å². The maximum atomic E-state index is 12.5. The Morgan fingerprint density at radius 3 is 2.64 bits per heavy atom. The summed E-state index contributed by atoms with van der Waals surface area (Å²) in [5.74, 6) is 0.932. The van der Waals surface area contributed by atoms with Crippen LogP contribution < -0.4 is 4.90 Å². The number of ketones is 1. The van der Waals surface area contributed by atoms with Gasteiger partial charge in [-0.2, -0.15) is 0 Å². The Labute approximate surface area is 130 Å². The molecule has 0 spiro atoms. The molecule has 2 atom stereocenters. The van der Waals surface area contributed by atoms with E-state index in [1.165, 1.54) is 0 Å². The predicted octanol–water partition coefficient (Wildman–Crippen LogP) is 2.72. The summed E-state index contributed by atoms with van der Waals surface area (Å²) in [5, 5.41) is 0. The molecule has 114 valence electrons. The molecule has 2 aliphatic rings. The lowest BCUT2D eigenvalue weighted by atomic mass is 9.55. The van der Waals surface area contributed by atoms with Crippen LogP contribution in [0.25, 0.3) is 4.85 Å². The molecule has 1 aromatic rings. The zero-order chi connectivity index (χ0) is 16.0. The van der Waals surface area contributed by atoms with E-state index in [9.17, 15) is 4.79 Å². The lowest BCUT2D eigenvalue weighted by molar-refractivity contribution is -0.130. The van der Waals surface area contributed by atoms with E-state index in [1.807, 2.05) is 19.9 Å². The number of nitrogens with zero attached hydrogens (tertiary/aromatic N) is 4. The normalized spacial score (nSPS) is 30.3. The number of hydrogen-bond donors (Lipinski definition) is 0. The Morgan fingerprint density at radius 1 is 1.32 bits per heavy atom. The minimum atomic E-state index is -0.493. The number of carbonyl (C=O) groups excluding carboxylic acids is 1. The van der Waals surface area contributed by atoms with Gasteiger partial charge >= 0.3 is 0 Å². The van der Waals surface area contributed by atoms with Crippen molar-refractivity contribution in [2.24, 2.45) is 16.7 Å². The van der Waals surface area contributed by atoms with Gasteiger partial charge < -0.3 is 9.69 Å². The summed E-state index contributed by atoms with van der Waals surface area (Å²) < 4.78 is 0. The van der Waals surface area contributed by atoms with Gasteiger partial charge in [-0.25, -0.2) is 14.8 Å². The van der Waals surface area contributed by atoms with Crippen molar-refractivity contribution >= 4 is 11.7 Å². The molecule has 0 saturated carbocycles. The molecule has 22 heavy (non-hydrogen) atoms. The molecular formula is C17H20N4O. The number of piperidine rings is 1. The van der Waals surface area contributed by atoms with Crippen molar-refractivity contribution in [1.29, 1.82) is 0 Å². The summed E-state index contributed by atoms with van der Waals surface area (Å²) in [6, 6.07) is 1.80. The van der Waals surface area contributed by atoms with Gasteiger partial charge in [0.1, 0.15) is 0 Å². The first-order valence-electron chi connectivity index (χ1n) is 7.55. The van der Waals surface area contributed by atoms with Crippen molar-refractivity contribution < 1.29 is 4.79 Å². The lowest BCUT2D eigenvalue weighted by Crippen LogP contribution is -2.55. The average molecular weight is 296 g/mol. The van der Waals surface area contributed by atoms with Crippen molar-refractivity contribution in [3.63, 3.8) is 0 Å². The first kappa shape index (κ1) is 14.7. The van der Waals surface area contributed by atoms with Crippen LogP contribution >= 0.6 is 0 Å². The molecule has 0 amide bonds. The SMILES string of the molecule is [C-]#[N+]C1=C[C@@]2(C)CN(c3ncccn3)CC[C@@H]2C(C)(C)C1=O. The molecule has 1 aliphatic heterocycles. The highest BCUT2D eigenvalue weighted by Crippen LogP contribution is 2.52. The third-order valence-corrected chi connectivity index (χ3v) is 5.13. The highest BCUT2D eigenvalue weighted by Gasteiger charge is 2.53. The molecule has 0 bridgehead atoms. The first-order chi connectivity index (χ1) is 10.4. The Hall–Kier alpha value is -2.22. The van der Waals surface area contributed by atoms with Crippen LogP contribution in [0.4, 0.5) is 5.95 Å². The summed E-state index contributed by atoms with van der Waals surface area (Å²) in [5.41, 5.74) is -0.429. The molecule has 0 unspecified atom stereocenters.